The number of esters is 2. The number of phosphoric ester groups is 2. The fraction of sp³-hybridized carbons (Fsp3) is 0.647. The third-order valence-electron chi connectivity index (χ3n) is 10.7. The van der Waals surface area contributed by atoms with E-state index < -0.39 is 89.6 Å². The summed E-state index contributed by atoms with van der Waals surface area (Å²) in [6, 6.07) is 0. The first-order valence-corrected chi connectivity index (χ1v) is 27.9. The van der Waals surface area contributed by atoms with Crippen LogP contribution in [0.1, 0.15) is 149 Å². The van der Waals surface area contributed by atoms with Crippen molar-refractivity contribution in [3.05, 3.63) is 97.2 Å². The Hall–Kier alpha value is -3.12. The van der Waals surface area contributed by atoms with Gasteiger partial charge in [0.25, 0.3) is 0 Å². The summed E-state index contributed by atoms with van der Waals surface area (Å²) < 4.78 is 49.3. The van der Waals surface area contributed by atoms with E-state index in [1.807, 2.05) is 12.2 Å². The molecule has 1 aliphatic rings. The highest BCUT2D eigenvalue weighted by atomic mass is 31.2. The molecular formula is C51H84O17P2. The molecule has 1 fully saturated rings. The van der Waals surface area contributed by atoms with Crippen molar-refractivity contribution >= 4 is 27.6 Å². The summed E-state index contributed by atoms with van der Waals surface area (Å²) in [4.78, 5) is 54.4. The number of carbonyl (C=O) groups excluding carboxylic acids is 2. The van der Waals surface area contributed by atoms with Gasteiger partial charge in [0.15, 0.2) is 6.10 Å². The SMILES string of the molecule is CC/C=C\C/C=C\C/C=C\C/C=C\C=C/C(O)C/C=C\CCC(=O)O[C@H](COC(=O)CCCCCCCCC/C=C\C/C=C\CCCCC)COP(=O)(O)O[C@H]1C(O)C(O)C(O)[C@@H](OP(=O)(O)O)C1O. The minimum Gasteiger partial charge on any atom is -0.462 e. The lowest BCUT2D eigenvalue weighted by Crippen LogP contribution is -2.64. The van der Waals surface area contributed by atoms with Gasteiger partial charge in [-0.1, -0.05) is 156 Å². The number of hydrogen-bond acceptors (Lipinski definition) is 14. The Balaban J connectivity index is 2.67. The number of phosphoric acid groups is 2. The van der Waals surface area contributed by atoms with Gasteiger partial charge in [-0.3, -0.25) is 23.2 Å². The van der Waals surface area contributed by atoms with Gasteiger partial charge in [0.05, 0.1) is 12.7 Å². The molecule has 0 radical (unpaired) electrons. The van der Waals surface area contributed by atoms with E-state index in [1.54, 1.807) is 24.3 Å². The number of ether oxygens (including phenoxy) is 2. The number of rotatable bonds is 40. The zero-order valence-corrected chi connectivity index (χ0v) is 43.1. The van der Waals surface area contributed by atoms with Gasteiger partial charge in [0, 0.05) is 12.8 Å². The van der Waals surface area contributed by atoms with Gasteiger partial charge in [-0.2, -0.15) is 0 Å². The monoisotopic (exact) mass is 1030 g/mol. The summed E-state index contributed by atoms with van der Waals surface area (Å²) in [6.45, 7) is 2.82. The summed E-state index contributed by atoms with van der Waals surface area (Å²) in [6.07, 6.45) is 33.8. The van der Waals surface area contributed by atoms with E-state index >= 15 is 0 Å². The Morgan fingerprint density at radius 3 is 1.67 bits per heavy atom. The molecule has 70 heavy (non-hydrogen) atoms. The van der Waals surface area contributed by atoms with Crippen molar-refractivity contribution in [3.8, 4) is 0 Å². The molecule has 17 nitrogen and oxygen atoms in total. The number of unbranched alkanes of at least 4 members (excludes halogenated alkanes) is 10. The van der Waals surface area contributed by atoms with Crippen molar-refractivity contribution in [1.29, 1.82) is 0 Å². The smallest absolute Gasteiger partial charge is 0.462 e. The lowest BCUT2D eigenvalue weighted by atomic mass is 9.85. The van der Waals surface area contributed by atoms with Gasteiger partial charge in [0.2, 0.25) is 0 Å². The Labute approximate surface area is 416 Å². The van der Waals surface area contributed by atoms with Gasteiger partial charge in [-0.15, -0.1) is 0 Å². The number of aliphatic hydroxyl groups is 5. The molecule has 1 rings (SSSR count). The fourth-order valence-corrected chi connectivity index (χ4v) is 8.41. The molecule has 1 aliphatic carbocycles. The molecule has 0 aromatic heterocycles. The van der Waals surface area contributed by atoms with Crippen LogP contribution in [0.5, 0.6) is 0 Å². The minimum atomic E-state index is -5.39. The van der Waals surface area contributed by atoms with Crippen LogP contribution in [0.15, 0.2) is 97.2 Å². The summed E-state index contributed by atoms with van der Waals surface area (Å²) in [5.74, 6) is -1.40. The second-order valence-electron chi connectivity index (χ2n) is 17.0. The largest absolute Gasteiger partial charge is 0.472 e. The van der Waals surface area contributed by atoms with Gasteiger partial charge in [-0.25, -0.2) is 9.13 Å². The summed E-state index contributed by atoms with van der Waals surface area (Å²) in [7, 11) is -10.8. The second kappa shape index (κ2) is 40.4. The second-order valence-corrected chi connectivity index (χ2v) is 19.6. The predicted molar refractivity (Wildman–Crippen MR) is 270 cm³/mol. The van der Waals surface area contributed by atoms with Crippen molar-refractivity contribution in [2.45, 2.75) is 198 Å². The molecule has 0 aromatic carbocycles. The van der Waals surface area contributed by atoms with Crippen molar-refractivity contribution < 1.29 is 82.0 Å². The van der Waals surface area contributed by atoms with Crippen molar-refractivity contribution in [2.75, 3.05) is 13.2 Å². The van der Waals surface area contributed by atoms with E-state index in [2.05, 4.69) is 79.1 Å². The van der Waals surface area contributed by atoms with Crippen LogP contribution in [0.3, 0.4) is 0 Å². The predicted octanol–water partition coefficient (Wildman–Crippen LogP) is 8.92. The molecule has 0 heterocycles. The maximum atomic E-state index is 13.0. The number of hydrogen-bond donors (Lipinski definition) is 8. The zero-order valence-electron chi connectivity index (χ0n) is 41.3. The average Bonchev–Trinajstić information content (AvgIpc) is 3.31. The summed E-state index contributed by atoms with van der Waals surface area (Å²) in [5, 5.41) is 51.6. The highest BCUT2D eigenvalue weighted by Gasteiger charge is 2.54. The average molecular weight is 1030 g/mol. The molecule has 0 saturated heterocycles. The van der Waals surface area contributed by atoms with Crippen LogP contribution in [-0.4, -0.2) is 114 Å². The summed E-state index contributed by atoms with van der Waals surface area (Å²) >= 11 is 0. The van der Waals surface area contributed by atoms with Crippen molar-refractivity contribution in [1.82, 2.24) is 0 Å². The van der Waals surface area contributed by atoms with E-state index in [-0.39, 0.29) is 25.7 Å². The Bertz CT molecular complexity index is 1730. The van der Waals surface area contributed by atoms with Gasteiger partial charge >= 0.3 is 27.6 Å². The molecule has 6 unspecified atom stereocenters. The van der Waals surface area contributed by atoms with Crippen molar-refractivity contribution in [3.63, 3.8) is 0 Å². The summed E-state index contributed by atoms with van der Waals surface area (Å²) in [5.41, 5.74) is 0. The van der Waals surface area contributed by atoms with Gasteiger partial charge in [0.1, 0.15) is 43.2 Å². The van der Waals surface area contributed by atoms with Gasteiger partial charge in [-0.05, 0) is 77.0 Å². The van der Waals surface area contributed by atoms with E-state index in [0.717, 1.165) is 83.5 Å². The Morgan fingerprint density at radius 1 is 0.543 bits per heavy atom. The van der Waals surface area contributed by atoms with Crippen LogP contribution in [0.25, 0.3) is 0 Å². The first-order valence-electron chi connectivity index (χ1n) is 24.9. The first kappa shape index (κ1) is 64.9. The Kier molecular flexibility index (Phi) is 37.4. The lowest BCUT2D eigenvalue weighted by Gasteiger charge is -2.43. The quantitative estimate of drug-likeness (QED) is 0.00935. The van der Waals surface area contributed by atoms with Crippen LogP contribution in [-0.2, 0) is 41.8 Å². The third kappa shape index (κ3) is 34.3. The number of aliphatic hydroxyl groups excluding tert-OH is 5. The normalized spacial score (nSPS) is 22.3. The molecular weight excluding hydrogens is 946 g/mol. The van der Waals surface area contributed by atoms with E-state index in [9.17, 15) is 58.9 Å². The maximum Gasteiger partial charge on any atom is 0.472 e. The molecule has 400 valence electrons. The molecule has 1 saturated carbocycles. The minimum absolute atomic E-state index is 0.0692. The topological polar surface area (TPSA) is 276 Å². The van der Waals surface area contributed by atoms with Crippen molar-refractivity contribution in [2.24, 2.45) is 0 Å². The molecule has 0 aliphatic heterocycles. The van der Waals surface area contributed by atoms with Crippen LogP contribution in [0, 0.1) is 0 Å². The highest BCUT2D eigenvalue weighted by Crippen LogP contribution is 2.49. The molecule has 0 amide bonds. The van der Waals surface area contributed by atoms with E-state index in [0.29, 0.717) is 6.42 Å². The molecule has 0 bridgehead atoms. The maximum absolute atomic E-state index is 13.0. The van der Waals surface area contributed by atoms with Crippen LogP contribution >= 0.6 is 15.6 Å². The lowest BCUT2D eigenvalue weighted by molar-refractivity contribution is -0.216. The van der Waals surface area contributed by atoms with Gasteiger partial charge < -0.3 is 49.7 Å². The fourth-order valence-electron chi connectivity index (χ4n) is 6.87. The Morgan fingerprint density at radius 2 is 1.07 bits per heavy atom. The third-order valence-corrected chi connectivity index (χ3v) is 12.2. The van der Waals surface area contributed by atoms with Crippen LogP contribution < -0.4 is 0 Å². The standard InChI is InChI=1S/C51H84O17P2/c1-3-5-7-9-11-13-15-17-18-19-20-22-24-26-28-30-34-38-44(53)64-40-43(41-65-70(62,63)68-51-48(57)46(55)47(56)50(49(51)58)67-69(59,60)61)66-45(54)39-35-31-33-37-42(52)36-32-29-27-25-23-21-16-14-12-10-8-6-4-2/h6,8,11-14,17-18,21,23,27,29,31-33,36,42-43,46-52,55-58H,3-5,7,9-10,15-16,19-20,22,24-26,28,30,34-35,37-41H2,1-2H3,(H,62,63)(H2,59,60,61)/b8-6-,13-11-,14-12-,18-17-,23-21-,29-27-,33-31-,36-32-/t42?,43-,46?,47?,48?,49?,50-,51+/m1/s1. The van der Waals surface area contributed by atoms with Crippen LogP contribution in [0.4, 0.5) is 0 Å². The molecule has 19 heteroatoms. The first-order chi connectivity index (χ1) is 33.5. The number of allylic oxidation sites excluding steroid dienone is 14. The highest BCUT2D eigenvalue weighted by molar-refractivity contribution is 7.47. The molecule has 0 aromatic rings. The zero-order chi connectivity index (χ0) is 51.9. The molecule has 8 N–H and O–H groups in total. The molecule has 9 atom stereocenters. The number of carbonyl (C=O) groups is 2. The van der Waals surface area contributed by atoms with Crippen LogP contribution in [0.2, 0.25) is 0 Å². The molecule has 0 spiro atoms. The van der Waals surface area contributed by atoms with E-state index in [1.165, 1.54) is 19.3 Å². The van der Waals surface area contributed by atoms with E-state index in [4.69, 9.17) is 18.5 Å².